The summed E-state index contributed by atoms with van der Waals surface area (Å²) in [7, 11) is 0. The molecule has 1 aromatic carbocycles. The lowest BCUT2D eigenvalue weighted by Gasteiger charge is -2.06. The van der Waals surface area contributed by atoms with Gasteiger partial charge in [0.15, 0.2) is 0 Å². The third kappa shape index (κ3) is 3.09. The maximum Gasteiger partial charge on any atom is 0.337 e. The van der Waals surface area contributed by atoms with Gasteiger partial charge in [-0.3, -0.25) is 15.1 Å². The van der Waals surface area contributed by atoms with Crippen LogP contribution in [0.3, 0.4) is 0 Å². The number of hydrogen-bond acceptors (Lipinski definition) is 5. The van der Waals surface area contributed by atoms with Gasteiger partial charge in [0.1, 0.15) is 5.75 Å². The molecule has 0 unspecified atom stereocenters. The van der Waals surface area contributed by atoms with Crippen molar-refractivity contribution in [2.24, 2.45) is 0 Å². The van der Waals surface area contributed by atoms with Gasteiger partial charge in [0, 0.05) is 16.7 Å². The Balaban J connectivity index is 2.37. The molecular weight excluding hydrogens is 332 g/mol. The van der Waals surface area contributed by atoms with E-state index in [4.69, 9.17) is 9.84 Å². The molecule has 2 aromatic rings. The number of carboxylic acids is 1. The number of pyridine rings is 1. The number of ether oxygens (including phenoxy) is 1. The first-order chi connectivity index (χ1) is 9.47. The molecule has 0 fully saturated rings. The summed E-state index contributed by atoms with van der Waals surface area (Å²) < 4.78 is 5.86. The molecule has 0 saturated carbocycles. The standard InChI is InChI=1S/C12H7BrN2O5/c13-8-1-2-11(10(4-8)15(18)19)20-9-3-7(12(16)17)5-14-6-9/h1-6H,(H,16,17). The molecule has 0 bridgehead atoms. The molecule has 0 aliphatic carbocycles. The minimum atomic E-state index is -1.16. The van der Waals surface area contributed by atoms with E-state index in [1.807, 2.05) is 0 Å². The molecule has 0 aliphatic heterocycles. The summed E-state index contributed by atoms with van der Waals surface area (Å²) in [6, 6.07) is 5.53. The zero-order valence-electron chi connectivity index (χ0n) is 9.82. The second kappa shape index (κ2) is 5.66. The van der Waals surface area contributed by atoms with Crippen molar-refractivity contribution in [1.29, 1.82) is 0 Å². The zero-order chi connectivity index (χ0) is 14.7. The minimum Gasteiger partial charge on any atom is -0.478 e. The number of aromatic nitrogens is 1. The molecule has 1 N–H and O–H groups in total. The first kappa shape index (κ1) is 13.9. The zero-order valence-corrected chi connectivity index (χ0v) is 11.4. The molecule has 0 spiro atoms. The number of hydrogen-bond donors (Lipinski definition) is 1. The van der Waals surface area contributed by atoms with Gasteiger partial charge >= 0.3 is 11.7 Å². The summed E-state index contributed by atoms with van der Waals surface area (Å²) in [5.74, 6) is -1.05. The fourth-order valence-electron chi connectivity index (χ4n) is 1.44. The van der Waals surface area contributed by atoms with E-state index in [2.05, 4.69) is 20.9 Å². The average Bonchev–Trinajstić information content (AvgIpc) is 2.41. The van der Waals surface area contributed by atoms with Crippen molar-refractivity contribution in [2.75, 3.05) is 0 Å². The van der Waals surface area contributed by atoms with E-state index < -0.39 is 10.9 Å². The summed E-state index contributed by atoms with van der Waals surface area (Å²) in [4.78, 5) is 24.9. The summed E-state index contributed by atoms with van der Waals surface area (Å²) in [5, 5.41) is 19.8. The number of benzene rings is 1. The normalized spacial score (nSPS) is 10.1. The largest absolute Gasteiger partial charge is 0.478 e. The number of halogens is 1. The lowest BCUT2D eigenvalue weighted by molar-refractivity contribution is -0.385. The fraction of sp³-hybridized carbons (Fsp3) is 0. The van der Waals surface area contributed by atoms with Gasteiger partial charge in [-0.1, -0.05) is 15.9 Å². The van der Waals surface area contributed by atoms with E-state index in [-0.39, 0.29) is 22.7 Å². The minimum absolute atomic E-state index is 0.00235. The lowest BCUT2D eigenvalue weighted by Crippen LogP contribution is -1.98. The predicted molar refractivity (Wildman–Crippen MR) is 72.1 cm³/mol. The van der Waals surface area contributed by atoms with Crippen LogP contribution in [0.2, 0.25) is 0 Å². The Kier molecular flexibility index (Phi) is 3.94. The Morgan fingerprint density at radius 3 is 2.75 bits per heavy atom. The van der Waals surface area contributed by atoms with Crippen molar-refractivity contribution in [3.8, 4) is 11.5 Å². The van der Waals surface area contributed by atoms with E-state index in [1.165, 1.54) is 24.4 Å². The van der Waals surface area contributed by atoms with Crippen molar-refractivity contribution >= 4 is 27.6 Å². The Bertz CT molecular complexity index is 689. The molecule has 0 saturated heterocycles. The third-order valence-corrected chi connectivity index (χ3v) is 2.80. The van der Waals surface area contributed by atoms with E-state index >= 15 is 0 Å². The van der Waals surface area contributed by atoms with E-state index in [0.717, 1.165) is 6.20 Å². The summed E-state index contributed by atoms with van der Waals surface area (Å²) in [5.41, 5.74) is -0.303. The fourth-order valence-corrected chi connectivity index (χ4v) is 1.79. The number of nitro benzene ring substituents is 1. The first-order valence-corrected chi connectivity index (χ1v) is 6.07. The van der Waals surface area contributed by atoms with Gasteiger partial charge in [0.2, 0.25) is 5.75 Å². The quantitative estimate of drug-likeness (QED) is 0.678. The average molecular weight is 339 g/mol. The number of carbonyl (C=O) groups is 1. The van der Waals surface area contributed by atoms with Gasteiger partial charge < -0.3 is 9.84 Å². The Hall–Kier alpha value is -2.48. The summed E-state index contributed by atoms with van der Waals surface area (Å²) in [6.07, 6.45) is 2.43. The molecule has 20 heavy (non-hydrogen) atoms. The highest BCUT2D eigenvalue weighted by Crippen LogP contribution is 2.33. The van der Waals surface area contributed by atoms with E-state index in [1.54, 1.807) is 6.07 Å². The van der Waals surface area contributed by atoms with Crippen molar-refractivity contribution in [3.63, 3.8) is 0 Å². The topological polar surface area (TPSA) is 103 Å². The van der Waals surface area contributed by atoms with Crippen LogP contribution in [0.15, 0.2) is 41.1 Å². The van der Waals surface area contributed by atoms with E-state index in [9.17, 15) is 14.9 Å². The number of nitrogens with zero attached hydrogens (tertiary/aromatic N) is 2. The van der Waals surface area contributed by atoms with Gasteiger partial charge in [0.25, 0.3) is 0 Å². The molecule has 0 radical (unpaired) electrons. The van der Waals surface area contributed by atoms with Crippen molar-refractivity contribution < 1.29 is 19.6 Å². The Labute approximate surface area is 121 Å². The van der Waals surface area contributed by atoms with Crippen molar-refractivity contribution in [2.45, 2.75) is 0 Å². The molecule has 0 aliphatic rings. The van der Waals surface area contributed by atoms with Crippen LogP contribution in [0.1, 0.15) is 10.4 Å². The van der Waals surface area contributed by atoms with Gasteiger partial charge in [0.05, 0.1) is 16.7 Å². The molecule has 7 nitrogen and oxygen atoms in total. The van der Waals surface area contributed by atoms with Crippen LogP contribution in [-0.4, -0.2) is 21.0 Å². The maximum absolute atomic E-state index is 10.9. The smallest absolute Gasteiger partial charge is 0.337 e. The van der Waals surface area contributed by atoms with Crippen LogP contribution in [-0.2, 0) is 0 Å². The SMILES string of the molecule is O=C(O)c1cncc(Oc2ccc(Br)cc2[N+](=O)[O-])c1. The molecule has 8 heteroatoms. The van der Waals surface area contributed by atoms with E-state index in [0.29, 0.717) is 4.47 Å². The second-order valence-electron chi connectivity index (χ2n) is 3.69. The maximum atomic E-state index is 10.9. The molecule has 2 rings (SSSR count). The van der Waals surface area contributed by atoms with Crippen LogP contribution >= 0.6 is 15.9 Å². The third-order valence-electron chi connectivity index (χ3n) is 2.31. The van der Waals surface area contributed by atoms with Crippen molar-refractivity contribution in [3.05, 3.63) is 56.8 Å². The molecule has 0 amide bonds. The Morgan fingerprint density at radius 2 is 2.10 bits per heavy atom. The number of carboxylic acid groups (broad SMARTS) is 1. The number of nitro groups is 1. The Morgan fingerprint density at radius 1 is 1.35 bits per heavy atom. The van der Waals surface area contributed by atoms with Gasteiger partial charge in [-0.25, -0.2) is 4.79 Å². The van der Waals surface area contributed by atoms with Crippen LogP contribution in [0.25, 0.3) is 0 Å². The number of rotatable bonds is 4. The molecule has 1 aromatic heterocycles. The second-order valence-corrected chi connectivity index (χ2v) is 4.60. The molecule has 1 heterocycles. The first-order valence-electron chi connectivity index (χ1n) is 5.27. The van der Waals surface area contributed by atoms with Gasteiger partial charge in [-0.15, -0.1) is 0 Å². The van der Waals surface area contributed by atoms with Gasteiger partial charge in [-0.05, 0) is 18.2 Å². The highest BCUT2D eigenvalue weighted by molar-refractivity contribution is 9.10. The van der Waals surface area contributed by atoms with Crippen LogP contribution in [0.4, 0.5) is 5.69 Å². The van der Waals surface area contributed by atoms with Crippen molar-refractivity contribution in [1.82, 2.24) is 4.98 Å². The monoisotopic (exact) mass is 338 g/mol. The lowest BCUT2D eigenvalue weighted by atomic mass is 10.2. The number of aromatic carboxylic acids is 1. The molecule has 0 atom stereocenters. The van der Waals surface area contributed by atoms with Crippen LogP contribution in [0.5, 0.6) is 11.5 Å². The molecular formula is C12H7BrN2O5. The summed E-state index contributed by atoms with van der Waals surface area (Å²) in [6.45, 7) is 0. The van der Waals surface area contributed by atoms with Crippen LogP contribution < -0.4 is 4.74 Å². The van der Waals surface area contributed by atoms with Gasteiger partial charge in [-0.2, -0.15) is 0 Å². The highest BCUT2D eigenvalue weighted by Gasteiger charge is 2.17. The summed E-state index contributed by atoms with van der Waals surface area (Å²) >= 11 is 3.13. The predicted octanol–water partition coefficient (Wildman–Crippen LogP) is 3.24. The molecule has 102 valence electrons. The highest BCUT2D eigenvalue weighted by atomic mass is 79.9. The van der Waals surface area contributed by atoms with Crippen LogP contribution in [0, 0.1) is 10.1 Å².